The first-order chi connectivity index (χ1) is 46.1. The average molecular weight is 1330 g/mol. The molecule has 0 radical (unpaired) electrons. The molecular formula is C80H145NO13. The van der Waals surface area contributed by atoms with Crippen molar-refractivity contribution in [2.45, 2.75) is 408 Å². The molecule has 548 valence electrons. The molecule has 12 unspecified atom stereocenters. The summed E-state index contributed by atoms with van der Waals surface area (Å²) in [4.78, 5) is 13.4. The molecule has 2 rings (SSSR count). The molecule has 9 N–H and O–H groups in total. The van der Waals surface area contributed by atoms with Crippen LogP contribution in [0.15, 0.2) is 72.9 Å². The Labute approximate surface area is 574 Å². The van der Waals surface area contributed by atoms with E-state index in [4.69, 9.17) is 18.9 Å². The lowest BCUT2D eigenvalue weighted by Crippen LogP contribution is -2.65. The van der Waals surface area contributed by atoms with E-state index in [9.17, 15) is 45.6 Å². The van der Waals surface area contributed by atoms with Gasteiger partial charge in [-0.2, -0.15) is 0 Å². The van der Waals surface area contributed by atoms with Crippen LogP contribution in [0.5, 0.6) is 0 Å². The second kappa shape index (κ2) is 63.8. The van der Waals surface area contributed by atoms with E-state index in [0.29, 0.717) is 19.3 Å². The minimum atomic E-state index is -1.79. The van der Waals surface area contributed by atoms with Gasteiger partial charge >= 0.3 is 0 Å². The maximum Gasteiger partial charge on any atom is 0.220 e. The first-order valence-corrected chi connectivity index (χ1v) is 39.2. The van der Waals surface area contributed by atoms with Crippen molar-refractivity contribution in [3.8, 4) is 0 Å². The fourth-order valence-corrected chi connectivity index (χ4v) is 12.8. The predicted molar refractivity (Wildman–Crippen MR) is 387 cm³/mol. The zero-order valence-corrected chi connectivity index (χ0v) is 60.0. The molecule has 12 atom stereocenters. The molecule has 2 heterocycles. The highest BCUT2D eigenvalue weighted by Gasteiger charge is 2.51. The second-order valence-electron chi connectivity index (χ2n) is 27.5. The Bertz CT molecular complexity index is 1860. The Morgan fingerprint density at radius 3 is 1.13 bits per heavy atom. The fraction of sp³-hybridized carbons (Fsp3) is 0.838. The molecule has 0 spiro atoms. The summed E-state index contributed by atoms with van der Waals surface area (Å²) in [5, 5.41) is 87.8. The Balaban J connectivity index is 1.63. The van der Waals surface area contributed by atoms with Crippen LogP contribution >= 0.6 is 0 Å². The van der Waals surface area contributed by atoms with Gasteiger partial charge in [-0.15, -0.1) is 0 Å². The number of amides is 1. The zero-order chi connectivity index (χ0) is 68.0. The molecule has 0 bridgehead atoms. The number of aliphatic hydroxyl groups excluding tert-OH is 8. The molecule has 0 aromatic carbocycles. The third-order valence-corrected chi connectivity index (χ3v) is 18.9. The van der Waals surface area contributed by atoms with E-state index in [1.165, 1.54) is 212 Å². The quantitative estimate of drug-likeness (QED) is 0.0204. The lowest BCUT2D eigenvalue weighted by molar-refractivity contribution is -0.359. The summed E-state index contributed by atoms with van der Waals surface area (Å²) in [5.74, 6) is -0.209. The van der Waals surface area contributed by atoms with Crippen molar-refractivity contribution in [3.05, 3.63) is 72.9 Å². The molecule has 2 aliphatic heterocycles. The van der Waals surface area contributed by atoms with Gasteiger partial charge in [-0.1, -0.05) is 337 Å². The SMILES string of the molecule is CC/C=C\C/C=C\C/C=C\C/C=C\C/C=C\C/C=C\CCCCCCCCCCCCC(=O)NC(COC1OC(CO)C(OC2OC(CO)C(O)C(O)C2O)C(O)C1O)C(O)CCCCCCCCCCCCCCCCCCCCCCCCCCCCCCCCC. The number of hydrogen-bond donors (Lipinski definition) is 9. The molecule has 2 aliphatic rings. The Hall–Kier alpha value is -2.57. The minimum absolute atomic E-state index is 0.209. The summed E-state index contributed by atoms with van der Waals surface area (Å²) < 4.78 is 23.0. The summed E-state index contributed by atoms with van der Waals surface area (Å²) >= 11 is 0. The van der Waals surface area contributed by atoms with Crippen LogP contribution in [0.4, 0.5) is 0 Å². The van der Waals surface area contributed by atoms with Crippen LogP contribution in [0.1, 0.15) is 335 Å². The Kier molecular flexibility index (Phi) is 59.4. The predicted octanol–water partition coefficient (Wildman–Crippen LogP) is 17.4. The Morgan fingerprint density at radius 2 is 0.734 bits per heavy atom. The van der Waals surface area contributed by atoms with Crippen molar-refractivity contribution in [1.82, 2.24) is 5.32 Å². The molecule has 2 fully saturated rings. The van der Waals surface area contributed by atoms with Gasteiger partial charge in [0.2, 0.25) is 5.91 Å². The lowest BCUT2D eigenvalue weighted by Gasteiger charge is -2.46. The van der Waals surface area contributed by atoms with Crippen molar-refractivity contribution in [2.24, 2.45) is 0 Å². The largest absolute Gasteiger partial charge is 0.394 e. The zero-order valence-electron chi connectivity index (χ0n) is 60.0. The molecule has 0 aromatic rings. The molecule has 0 aliphatic carbocycles. The van der Waals surface area contributed by atoms with Crippen molar-refractivity contribution in [2.75, 3.05) is 19.8 Å². The van der Waals surface area contributed by atoms with Gasteiger partial charge in [0.1, 0.15) is 48.8 Å². The molecule has 1 amide bonds. The molecule has 0 saturated carbocycles. The summed E-state index contributed by atoms with van der Waals surface area (Å²) in [6.07, 6.45) is 70.7. The van der Waals surface area contributed by atoms with E-state index in [2.05, 4.69) is 92.1 Å². The van der Waals surface area contributed by atoms with Crippen molar-refractivity contribution >= 4 is 5.91 Å². The molecule has 14 nitrogen and oxygen atoms in total. The number of carbonyl (C=O) groups excluding carboxylic acids is 1. The van der Waals surface area contributed by atoms with Crippen LogP contribution in [0.3, 0.4) is 0 Å². The maximum absolute atomic E-state index is 13.4. The number of allylic oxidation sites excluding steroid dienone is 12. The third-order valence-electron chi connectivity index (χ3n) is 18.9. The maximum atomic E-state index is 13.4. The number of ether oxygens (including phenoxy) is 4. The number of aliphatic hydroxyl groups is 8. The van der Waals surface area contributed by atoms with Crippen LogP contribution < -0.4 is 5.32 Å². The van der Waals surface area contributed by atoms with E-state index >= 15 is 0 Å². The summed E-state index contributed by atoms with van der Waals surface area (Å²) in [7, 11) is 0. The van der Waals surface area contributed by atoms with Crippen molar-refractivity contribution < 1.29 is 64.6 Å². The molecule has 0 aromatic heterocycles. The first kappa shape index (κ1) is 87.5. The van der Waals surface area contributed by atoms with Gasteiger partial charge in [0, 0.05) is 6.42 Å². The second-order valence-corrected chi connectivity index (χ2v) is 27.5. The summed E-state index contributed by atoms with van der Waals surface area (Å²) in [6.45, 7) is 2.79. The first-order valence-electron chi connectivity index (χ1n) is 39.2. The van der Waals surface area contributed by atoms with Gasteiger partial charge in [-0.25, -0.2) is 0 Å². The van der Waals surface area contributed by atoms with Gasteiger partial charge in [0.05, 0.1) is 32.0 Å². The van der Waals surface area contributed by atoms with Gasteiger partial charge in [-0.3, -0.25) is 4.79 Å². The number of rotatable bonds is 65. The molecule has 2 saturated heterocycles. The van der Waals surface area contributed by atoms with E-state index in [-0.39, 0.29) is 12.5 Å². The van der Waals surface area contributed by atoms with Gasteiger partial charge < -0.3 is 65.1 Å². The molecule has 94 heavy (non-hydrogen) atoms. The van der Waals surface area contributed by atoms with Crippen molar-refractivity contribution in [3.63, 3.8) is 0 Å². The van der Waals surface area contributed by atoms with Crippen LogP contribution in [-0.2, 0) is 23.7 Å². The average Bonchev–Trinajstić information content (AvgIpc) is 0.794. The van der Waals surface area contributed by atoms with Gasteiger partial charge in [0.15, 0.2) is 12.6 Å². The van der Waals surface area contributed by atoms with E-state index in [1.54, 1.807) is 0 Å². The monoisotopic (exact) mass is 1330 g/mol. The molecule has 14 heteroatoms. The molecular weight excluding hydrogens is 1180 g/mol. The lowest BCUT2D eigenvalue weighted by atomic mass is 9.97. The highest BCUT2D eigenvalue weighted by atomic mass is 16.7. The van der Waals surface area contributed by atoms with Crippen molar-refractivity contribution in [1.29, 1.82) is 0 Å². The summed E-state index contributed by atoms with van der Waals surface area (Å²) in [5.41, 5.74) is 0. The highest BCUT2D eigenvalue weighted by Crippen LogP contribution is 2.30. The number of carbonyl (C=O) groups is 1. The van der Waals surface area contributed by atoms with Crippen LogP contribution in [0.2, 0.25) is 0 Å². The standard InChI is InChI=1S/C80H145NO13/c1-3-5-7-9-11-13-15-17-19-21-23-25-27-29-31-33-34-36-37-39-41-43-45-47-49-51-53-55-57-59-61-63-69(84)68(67-91-79-77(90)75(88)78(71(66-83)93-79)94-80-76(89)74(87)73(86)70(65-82)92-80)81-72(85)64-62-60-58-56-54-52-50-48-46-44-42-40-38-35-32-30-28-26-24-22-20-18-16-14-12-10-8-6-4-2/h6,8,12,14,18,20,24,26,30,32,38,40,68-71,73-80,82-84,86-90H,3-5,7,9-11,13,15-17,19,21-23,25,27-29,31,33-37,39,41-67H2,1-2H3,(H,81,85)/b8-6-,14-12-,20-18-,26-24-,32-30-,40-38-. The van der Waals surface area contributed by atoms with E-state index in [0.717, 1.165) is 89.9 Å². The number of hydrogen-bond acceptors (Lipinski definition) is 13. The number of unbranched alkanes of at least 4 members (excludes halogenated alkanes) is 40. The summed E-state index contributed by atoms with van der Waals surface area (Å²) in [6, 6.07) is -0.838. The normalized spacial score (nSPS) is 22.8. The van der Waals surface area contributed by atoms with E-state index < -0.39 is 86.8 Å². The fourth-order valence-electron chi connectivity index (χ4n) is 12.8. The number of nitrogens with one attached hydrogen (secondary N) is 1. The highest BCUT2D eigenvalue weighted by molar-refractivity contribution is 5.76. The topological polar surface area (TPSA) is 228 Å². The van der Waals surface area contributed by atoms with Crippen LogP contribution in [-0.4, -0.2) is 140 Å². The minimum Gasteiger partial charge on any atom is -0.394 e. The van der Waals surface area contributed by atoms with Crippen LogP contribution in [0.25, 0.3) is 0 Å². The smallest absolute Gasteiger partial charge is 0.220 e. The third kappa shape index (κ3) is 46.7. The van der Waals surface area contributed by atoms with Crippen LogP contribution in [0, 0.1) is 0 Å². The van der Waals surface area contributed by atoms with Gasteiger partial charge in [0.25, 0.3) is 0 Å². The Morgan fingerprint density at radius 1 is 0.394 bits per heavy atom. The van der Waals surface area contributed by atoms with Gasteiger partial charge in [-0.05, 0) is 64.2 Å². The van der Waals surface area contributed by atoms with E-state index in [1.807, 2.05) is 0 Å².